The van der Waals surface area contributed by atoms with Crippen LogP contribution in [-0.4, -0.2) is 25.7 Å². The summed E-state index contributed by atoms with van der Waals surface area (Å²) in [5.74, 6) is -0.395. The molecule has 1 unspecified atom stereocenters. The zero-order valence-corrected chi connectivity index (χ0v) is 12.0. The second kappa shape index (κ2) is 6.52. The largest absolute Gasteiger partial charge is 0.229 e. The molecule has 18 heavy (non-hydrogen) atoms. The fraction of sp³-hybridized carbons (Fsp3) is 0.500. The Morgan fingerprint density at radius 3 is 2.61 bits per heavy atom. The van der Waals surface area contributed by atoms with Gasteiger partial charge in [-0.05, 0) is 25.1 Å². The van der Waals surface area contributed by atoms with Gasteiger partial charge in [-0.2, -0.15) is 11.8 Å². The summed E-state index contributed by atoms with van der Waals surface area (Å²) in [4.78, 5) is 0. The van der Waals surface area contributed by atoms with Crippen LogP contribution in [0, 0.1) is 11.6 Å². The van der Waals surface area contributed by atoms with E-state index in [1.165, 1.54) is 11.8 Å². The third-order valence-electron chi connectivity index (χ3n) is 2.60. The number of rotatable bonds is 6. The summed E-state index contributed by atoms with van der Waals surface area (Å²) in [6, 6.07) is 3.31. The van der Waals surface area contributed by atoms with Crippen molar-refractivity contribution in [3.8, 4) is 0 Å². The Labute approximate surface area is 111 Å². The summed E-state index contributed by atoms with van der Waals surface area (Å²) in [6.07, 6.45) is 0. The second-order valence-electron chi connectivity index (χ2n) is 3.92. The number of benzene rings is 1. The predicted octanol–water partition coefficient (Wildman–Crippen LogP) is 3.19. The van der Waals surface area contributed by atoms with Crippen molar-refractivity contribution >= 4 is 21.6 Å². The van der Waals surface area contributed by atoms with Gasteiger partial charge >= 0.3 is 0 Å². The van der Waals surface area contributed by atoms with E-state index in [4.69, 9.17) is 0 Å². The van der Waals surface area contributed by atoms with Gasteiger partial charge in [0.05, 0.1) is 5.75 Å². The minimum absolute atomic E-state index is 0.0649. The fourth-order valence-corrected chi connectivity index (χ4v) is 3.82. The molecule has 0 bridgehead atoms. The molecule has 1 rings (SSSR count). The maximum absolute atomic E-state index is 13.4. The molecule has 1 aromatic rings. The van der Waals surface area contributed by atoms with E-state index >= 15 is 0 Å². The molecule has 2 nitrogen and oxygen atoms in total. The molecular weight excluding hydrogens is 278 g/mol. The molecule has 0 saturated carbocycles. The molecule has 6 heteroatoms. The van der Waals surface area contributed by atoms with Crippen molar-refractivity contribution < 1.29 is 17.2 Å². The highest BCUT2D eigenvalue weighted by molar-refractivity contribution is 8.00. The van der Waals surface area contributed by atoms with Gasteiger partial charge < -0.3 is 0 Å². The van der Waals surface area contributed by atoms with Gasteiger partial charge in [-0.15, -0.1) is 0 Å². The van der Waals surface area contributed by atoms with Gasteiger partial charge in [0.25, 0.3) is 0 Å². The molecule has 0 spiro atoms. The van der Waals surface area contributed by atoms with Crippen LogP contribution in [0.5, 0.6) is 0 Å². The Hall–Kier alpha value is -0.620. The lowest BCUT2D eigenvalue weighted by Gasteiger charge is -2.12. The van der Waals surface area contributed by atoms with Crippen LogP contribution in [0.15, 0.2) is 18.2 Å². The van der Waals surface area contributed by atoms with E-state index in [1.807, 2.05) is 0 Å². The molecule has 0 aliphatic carbocycles. The first-order chi connectivity index (χ1) is 8.35. The van der Waals surface area contributed by atoms with Crippen molar-refractivity contribution in [2.24, 2.45) is 0 Å². The number of sulfone groups is 1. The summed E-state index contributed by atoms with van der Waals surface area (Å²) in [5.41, 5.74) is 0.272. The zero-order chi connectivity index (χ0) is 13.8. The van der Waals surface area contributed by atoms with Crippen LogP contribution in [0.2, 0.25) is 0 Å². The van der Waals surface area contributed by atoms with E-state index in [2.05, 4.69) is 0 Å². The van der Waals surface area contributed by atoms with Crippen LogP contribution in [-0.2, 0) is 9.84 Å². The SMILES string of the molecule is CCS(=O)(=O)CCSC(C)c1cc(F)ccc1F. The Morgan fingerprint density at radius 1 is 1.33 bits per heavy atom. The van der Waals surface area contributed by atoms with E-state index in [9.17, 15) is 17.2 Å². The molecule has 0 heterocycles. The predicted molar refractivity (Wildman–Crippen MR) is 71.6 cm³/mol. The highest BCUT2D eigenvalue weighted by Crippen LogP contribution is 2.30. The lowest BCUT2D eigenvalue weighted by Crippen LogP contribution is -2.11. The standard InChI is InChI=1S/C12H16F2O2S2/c1-3-18(15,16)7-6-17-9(2)11-8-10(13)4-5-12(11)14/h4-5,8-9H,3,6-7H2,1-2H3. The maximum Gasteiger partial charge on any atom is 0.150 e. The Balaban J connectivity index is 2.61. The van der Waals surface area contributed by atoms with Gasteiger partial charge in [0, 0.05) is 22.3 Å². The lowest BCUT2D eigenvalue weighted by atomic mass is 10.1. The number of hydrogen-bond donors (Lipinski definition) is 0. The van der Waals surface area contributed by atoms with Crippen LogP contribution in [0.4, 0.5) is 8.78 Å². The average molecular weight is 294 g/mol. The van der Waals surface area contributed by atoms with E-state index in [0.29, 0.717) is 5.75 Å². The molecule has 0 radical (unpaired) electrons. The summed E-state index contributed by atoms with van der Waals surface area (Å²) in [6.45, 7) is 3.33. The smallest absolute Gasteiger partial charge is 0.150 e. The van der Waals surface area contributed by atoms with E-state index in [-0.39, 0.29) is 22.3 Å². The van der Waals surface area contributed by atoms with Crippen LogP contribution in [0.1, 0.15) is 24.7 Å². The van der Waals surface area contributed by atoms with Crippen molar-refractivity contribution in [2.45, 2.75) is 19.1 Å². The summed E-state index contributed by atoms with van der Waals surface area (Å²) in [7, 11) is -3.00. The van der Waals surface area contributed by atoms with Gasteiger partial charge in [-0.1, -0.05) is 6.92 Å². The van der Waals surface area contributed by atoms with Crippen LogP contribution >= 0.6 is 11.8 Å². The molecule has 0 aliphatic heterocycles. The van der Waals surface area contributed by atoms with Crippen LogP contribution in [0.3, 0.4) is 0 Å². The molecule has 1 aromatic carbocycles. The van der Waals surface area contributed by atoms with Gasteiger partial charge in [0.2, 0.25) is 0 Å². The van der Waals surface area contributed by atoms with Crippen molar-refractivity contribution in [3.05, 3.63) is 35.4 Å². The molecule has 0 saturated heterocycles. The Kier molecular flexibility index (Phi) is 5.59. The van der Waals surface area contributed by atoms with Gasteiger partial charge in [-0.3, -0.25) is 0 Å². The third kappa shape index (κ3) is 4.57. The summed E-state index contributed by atoms with van der Waals surface area (Å²) >= 11 is 1.31. The van der Waals surface area contributed by atoms with Gasteiger partial charge in [0.1, 0.15) is 11.6 Å². The topological polar surface area (TPSA) is 34.1 Å². The van der Waals surface area contributed by atoms with E-state index in [0.717, 1.165) is 18.2 Å². The molecule has 0 aliphatic rings. The Morgan fingerprint density at radius 2 is 2.00 bits per heavy atom. The summed E-state index contributed by atoms with van der Waals surface area (Å²) < 4.78 is 49.0. The fourth-order valence-electron chi connectivity index (χ4n) is 1.41. The van der Waals surface area contributed by atoms with Crippen molar-refractivity contribution in [3.63, 3.8) is 0 Å². The minimum Gasteiger partial charge on any atom is -0.229 e. The normalized spacial score (nSPS) is 13.6. The highest BCUT2D eigenvalue weighted by atomic mass is 32.2. The second-order valence-corrected chi connectivity index (χ2v) is 7.84. The Bertz CT molecular complexity index is 501. The van der Waals surface area contributed by atoms with Gasteiger partial charge in [0.15, 0.2) is 9.84 Å². The maximum atomic E-state index is 13.4. The number of thioether (sulfide) groups is 1. The molecule has 0 N–H and O–H groups in total. The van der Waals surface area contributed by atoms with E-state index < -0.39 is 21.5 Å². The zero-order valence-electron chi connectivity index (χ0n) is 10.3. The molecule has 0 fully saturated rings. The minimum atomic E-state index is -3.00. The first-order valence-electron chi connectivity index (χ1n) is 5.62. The monoisotopic (exact) mass is 294 g/mol. The molecule has 1 atom stereocenters. The number of hydrogen-bond acceptors (Lipinski definition) is 3. The molecule has 0 aromatic heterocycles. The van der Waals surface area contributed by atoms with Gasteiger partial charge in [-0.25, -0.2) is 17.2 Å². The molecular formula is C12H16F2O2S2. The van der Waals surface area contributed by atoms with Crippen molar-refractivity contribution in [2.75, 3.05) is 17.3 Å². The quantitative estimate of drug-likeness (QED) is 0.808. The summed E-state index contributed by atoms with van der Waals surface area (Å²) in [5, 5.41) is -0.271. The van der Waals surface area contributed by atoms with Crippen molar-refractivity contribution in [1.29, 1.82) is 0 Å². The highest BCUT2D eigenvalue weighted by Gasteiger charge is 2.14. The average Bonchev–Trinajstić information content (AvgIpc) is 2.32. The van der Waals surface area contributed by atoms with Crippen molar-refractivity contribution in [1.82, 2.24) is 0 Å². The lowest BCUT2D eigenvalue weighted by molar-refractivity contribution is 0.586. The van der Waals surface area contributed by atoms with Crippen LogP contribution < -0.4 is 0 Å². The first kappa shape index (κ1) is 15.4. The third-order valence-corrected chi connectivity index (χ3v) is 5.76. The van der Waals surface area contributed by atoms with Crippen LogP contribution in [0.25, 0.3) is 0 Å². The first-order valence-corrected chi connectivity index (χ1v) is 8.49. The van der Waals surface area contributed by atoms with E-state index in [1.54, 1.807) is 13.8 Å². The molecule has 0 amide bonds. The molecule has 102 valence electrons. The number of halogens is 2.